The van der Waals surface area contributed by atoms with Crippen molar-refractivity contribution in [2.24, 2.45) is 0 Å². The Balaban J connectivity index is 1.76. The molecular formula is C20H17N5O4S. The monoisotopic (exact) mass is 423 g/mol. The molecule has 4 rings (SSSR count). The van der Waals surface area contributed by atoms with Gasteiger partial charge in [-0.25, -0.2) is 0 Å². The summed E-state index contributed by atoms with van der Waals surface area (Å²) in [5, 5.41) is 32.4. The molecule has 0 amide bonds. The van der Waals surface area contributed by atoms with Gasteiger partial charge in [0.2, 0.25) is 0 Å². The van der Waals surface area contributed by atoms with Crippen molar-refractivity contribution >= 4 is 34.8 Å². The van der Waals surface area contributed by atoms with Crippen molar-refractivity contribution in [3.05, 3.63) is 96.7 Å². The first-order valence-electron chi connectivity index (χ1n) is 9.13. The van der Waals surface area contributed by atoms with Crippen LogP contribution in [0.2, 0.25) is 0 Å². The second-order valence-corrected chi connectivity index (χ2v) is 7.32. The van der Waals surface area contributed by atoms with Crippen LogP contribution in [0.4, 0.5) is 11.4 Å². The average molecular weight is 423 g/mol. The maximum atomic E-state index is 11.2. The number of hydrogen-bond acceptors (Lipinski definition) is 6. The Morgan fingerprint density at radius 2 is 1.70 bits per heavy atom. The van der Waals surface area contributed by atoms with Gasteiger partial charge in [-0.05, 0) is 40.6 Å². The molecule has 0 fully saturated rings. The van der Waals surface area contributed by atoms with E-state index in [0.717, 1.165) is 22.4 Å². The fraction of sp³-hybridized carbons (Fsp3) is 0.150. The zero-order chi connectivity index (χ0) is 21.3. The summed E-state index contributed by atoms with van der Waals surface area (Å²) < 4.78 is 0. The van der Waals surface area contributed by atoms with Crippen molar-refractivity contribution in [3.8, 4) is 0 Å². The summed E-state index contributed by atoms with van der Waals surface area (Å²) in [5.41, 5.74) is 4.16. The van der Waals surface area contributed by atoms with Crippen LogP contribution >= 0.6 is 12.2 Å². The molecule has 9 nitrogen and oxygen atoms in total. The third kappa shape index (κ3) is 3.91. The molecule has 3 N–H and O–H groups in total. The molecule has 1 unspecified atom stereocenters. The molecule has 10 heteroatoms. The fourth-order valence-electron chi connectivity index (χ4n) is 3.64. The zero-order valence-corrected chi connectivity index (χ0v) is 16.4. The van der Waals surface area contributed by atoms with Gasteiger partial charge in [-0.2, -0.15) is 0 Å². The molecular weight excluding hydrogens is 406 g/mol. The molecule has 0 radical (unpaired) electrons. The van der Waals surface area contributed by atoms with Crippen LogP contribution < -0.4 is 16.0 Å². The molecule has 0 saturated heterocycles. The van der Waals surface area contributed by atoms with E-state index in [1.54, 1.807) is 18.2 Å². The lowest BCUT2D eigenvalue weighted by Gasteiger charge is -2.36. The topological polar surface area (TPSA) is 122 Å². The molecule has 2 heterocycles. The molecule has 2 aliphatic heterocycles. The third-order valence-electron chi connectivity index (χ3n) is 4.97. The molecule has 2 aromatic carbocycles. The molecule has 0 aromatic heterocycles. The van der Waals surface area contributed by atoms with Gasteiger partial charge in [0.1, 0.15) is 0 Å². The van der Waals surface area contributed by atoms with Gasteiger partial charge in [-0.3, -0.25) is 20.2 Å². The molecule has 2 aliphatic rings. The second kappa shape index (κ2) is 8.01. The summed E-state index contributed by atoms with van der Waals surface area (Å²) in [6, 6.07) is 12.5. The highest BCUT2D eigenvalue weighted by Crippen LogP contribution is 2.33. The highest BCUT2D eigenvalue weighted by atomic mass is 32.1. The molecule has 0 bridgehead atoms. The number of thiocarbonyl (C=S) groups is 1. The minimum Gasteiger partial charge on any atom is -0.352 e. The SMILES string of the molecule is O=[N+]([O-])c1cccc(/C=C2\CNCC3=C2NC(=S)NC3c2cccc([N+](=O)[O-])c2)c1. The summed E-state index contributed by atoms with van der Waals surface area (Å²) >= 11 is 5.38. The predicted octanol–water partition coefficient (Wildman–Crippen LogP) is 2.96. The minimum atomic E-state index is -0.429. The van der Waals surface area contributed by atoms with Crippen molar-refractivity contribution in [2.45, 2.75) is 6.04 Å². The summed E-state index contributed by atoms with van der Waals surface area (Å²) in [7, 11) is 0. The molecule has 2 aromatic rings. The van der Waals surface area contributed by atoms with Crippen LogP contribution in [0.5, 0.6) is 0 Å². The van der Waals surface area contributed by atoms with E-state index in [0.29, 0.717) is 23.8 Å². The third-order valence-corrected chi connectivity index (χ3v) is 5.19. The van der Waals surface area contributed by atoms with Crippen molar-refractivity contribution in [1.29, 1.82) is 0 Å². The number of nitro groups is 2. The van der Waals surface area contributed by atoms with Gasteiger partial charge in [-0.1, -0.05) is 24.3 Å². The van der Waals surface area contributed by atoms with Gasteiger partial charge in [0.15, 0.2) is 5.11 Å². The summed E-state index contributed by atoms with van der Waals surface area (Å²) in [4.78, 5) is 21.4. The lowest BCUT2D eigenvalue weighted by atomic mass is 9.89. The Kier molecular flexibility index (Phi) is 5.25. The molecule has 152 valence electrons. The first-order chi connectivity index (χ1) is 14.4. The lowest BCUT2D eigenvalue weighted by Crippen LogP contribution is -2.49. The standard InChI is InChI=1S/C20H17N5O4S/c26-24(27)15-5-1-3-12(8-15)7-14-10-21-11-17-18(22-20(30)23-19(14)17)13-4-2-6-16(9-13)25(28)29/h1-9,18,21H,10-11H2,(H2,22,23,30)/b14-7+. The van der Waals surface area contributed by atoms with E-state index in [1.807, 2.05) is 12.1 Å². The number of nitrogens with one attached hydrogen (secondary N) is 3. The quantitative estimate of drug-likeness (QED) is 0.390. The normalized spacial score (nSPS) is 19.7. The molecule has 0 aliphatic carbocycles. The number of benzene rings is 2. The lowest BCUT2D eigenvalue weighted by molar-refractivity contribution is -0.385. The predicted molar refractivity (Wildman–Crippen MR) is 116 cm³/mol. The first-order valence-corrected chi connectivity index (χ1v) is 9.54. The second-order valence-electron chi connectivity index (χ2n) is 6.91. The number of nitro benzene ring substituents is 2. The van der Waals surface area contributed by atoms with Crippen LogP contribution in [0.25, 0.3) is 6.08 Å². The van der Waals surface area contributed by atoms with Gasteiger partial charge < -0.3 is 16.0 Å². The highest BCUT2D eigenvalue weighted by Gasteiger charge is 2.31. The summed E-state index contributed by atoms with van der Waals surface area (Å²) in [6.45, 7) is 1.12. The van der Waals surface area contributed by atoms with E-state index < -0.39 is 9.85 Å². The van der Waals surface area contributed by atoms with Gasteiger partial charge in [0.25, 0.3) is 11.4 Å². The van der Waals surface area contributed by atoms with Crippen molar-refractivity contribution < 1.29 is 9.85 Å². The molecule has 1 atom stereocenters. The Labute approximate surface area is 176 Å². The smallest absolute Gasteiger partial charge is 0.270 e. The number of rotatable bonds is 4. The summed E-state index contributed by atoms with van der Waals surface area (Å²) in [6.07, 6.45) is 1.87. The van der Waals surface area contributed by atoms with Crippen LogP contribution in [0, 0.1) is 20.2 Å². The van der Waals surface area contributed by atoms with Gasteiger partial charge >= 0.3 is 0 Å². The maximum Gasteiger partial charge on any atom is 0.270 e. The van der Waals surface area contributed by atoms with Gasteiger partial charge in [0.05, 0.1) is 15.9 Å². The van der Waals surface area contributed by atoms with E-state index in [-0.39, 0.29) is 17.4 Å². The maximum absolute atomic E-state index is 11.2. The van der Waals surface area contributed by atoms with E-state index >= 15 is 0 Å². The van der Waals surface area contributed by atoms with Crippen LogP contribution in [-0.4, -0.2) is 28.0 Å². The molecule has 0 spiro atoms. The van der Waals surface area contributed by atoms with Gasteiger partial charge in [-0.15, -0.1) is 0 Å². The average Bonchev–Trinajstić information content (AvgIpc) is 2.74. The Morgan fingerprint density at radius 3 is 2.43 bits per heavy atom. The van der Waals surface area contributed by atoms with E-state index in [1.165, 1.54) is 24.3 Å². The Morgan fingerprint density at radius 1 is 1.00 bits per heavy atom. The number of hydrogen-bond donors (Lipinski definition) is 3. The first kappa shape index (κ1) is 19.7. The Bertz CT molecular complexity index is 1130. The highest BCUT2D eigenvalue weighted by molar-refractivity contribution is 7.80. The minimum absolute atomic E-state index is 0.0111. The number of nitrogens with zero attached hydrogens (tertiary/aromatic N) is 2. The zero-order valence-electron chi connectivity index (χ0n) is 15.6. The van der Waals surface area contributed by atoms with Crippen molar-refractivity contribution in [2.75, 3.05) is 13.1 Å². The number of non-ortho nitro benzene ring substituents is 2. The van der Waals surface area contributed by atoms with Crippen LogP contribution in [-0.2, 0) is 0 Å². The van der Waals surface area contributed by atoms with Crippen LogP contribution in [0.15, 0.2) is 65.4 Å². The van der Waals surface area contributed by atoms with Crippen LogP contribution in [0.3, 0.4) is 0 Å². The summed E-state index contributed by atoms with van der Waals surface area (Å²) in [5.74, 6) is 0. The molecule has 0 saturated carbocycles. The van der Waals surface area contributed by atoms with E-state index in [2.05, 4.69) is 16.0 Å². The fourth-order valence-corrected chi connectivity index (χ4v) is 3.86. The van der Waals surface area contributed by atoms with E-state index in [9.17, 15) is 20.2 Å². The van der Waals surface area contributed by atoms with Crippen LogP contribution in [0.1, 0.15) is 17.2 Å². The largest absolute Gasteiger partial charge is 0.352 e. The van der Waals surface area contributed by atoms with Gasteiger partial charge in [0, 0.05) is 43.1 Å². The van der Waals surface area contributed by atoms with Crippen molar-refractivity contribution in [3.63, 3.8) is 0 Å². The molecule has 30 heavy (non-hydrogen) atoms. The van der Waals surface area contributed by atoms with Crippen molar-refractivity contribution in [1.82, 2.24) is 16.0 Å². The Hall–Kier alpha value is -3.63. The van der Waals surface area contributed by atoms with E-state index in [4.69, 9.17) is 12.2 Å².